The summed E-state index contributed by atoms with van der Waals surface area (Å²) >= 11 is 6.15. The number of hydrogen-bond donors (Lipinski definition) is 0. The van der Waals surface area contributed by atoms with Crippen LogP contribution in [0.5, 0.6) is 5.88 Å². The van der Waals surface area contributed by atoms with Gasteiger partial charge in [0.1, 0.15) is 0 Å². The van der Waals surface area contributed by atoms with Crippen molar-refractivity contribution in [3.63, 3.8) is 0 Å². The molecule has 0 atom stereocenters. The summed E-state index contributed by atoms with van der Waals surface area (Å²) in [5.41, 5.74) is 2.25. The lowest BCUT2D eigenvalue weighted by molar-refractivity contribution is 0.327. The van der Waals surface area contributed by atoms with Gasteiger partial charge in [-0.25, -0.2) is 4.98 Å². The van der Waals surface area contributed by atoms with Crippen molar-refractivity contribution in [1.82, 2.24) is 15.1 Å². The molecule has 0 spiro atoms. The average molecular weight is 316 g/mol. The number of ether oxygens (including phenoxy) is 1. The van der Waals surface area contributed by atoms with Gasteiger partial charge in [-0.1, -0.05) is 28.9 Å². The second-order valence-electron chi connectivity index (χ2n) is 4.64. The highest BCUT2D eigenvalue weighted by Crippen LogP contribution is 2.31. The molecule has 0 saturated carbocycles. The summed E-state index contributed by atoms with van der Waals surface area (Å²) in [6.45, 7) is 4.32. The third kappa shape index (κ3) is 2.80. The Morgan fingerprint density at radius 3 is 2.68 bits per heavy atom. The van der Waals surface area contributed by atoms with Crippen molar-refractivity contribution in [2.45, 2.75) is 13.8 Å². The molecule has 3 aromatic rings. The van der Waals surface area contributed by atoms with E-state index in [1.165, 1.54) is 0 Å². The highest BCUT2D eigenvalue weighted by atomic mass is 35.5. The monoisotopic (exact) mass is 315 g/mol. The molecule has 0 N–H and O–H groups in total. The third-order valence-corrected chi connectivity index (χ3v) is 3.38. The minimum absolute atomic E-state index is 0.364. The first-order valence-corrected chi connectivity index (χ1v) is 7.26. The van der Waals surface area contributed by atoms with Gasteiger partial charge in [-0.05, 0) is 38.1 Å². The van der Waals surface area contributed by atoms with Crippen LogP contribution in [0, 0.1) is 6.92 Å². The van der Waals surface area contributed by atoms with Crippen molar-refractivity contribution in [3.05, 3.63) is 47.1 Å². The number of aromatic nitrogens is 3. The Morgan fingerprint density at radius 2 is 1.91 bits per heavy atom. The Labute approximate surface area is 132 Å². The van der Waals surface area contributed by atoms with E-state index in [2.05, 4.69) is 15.1 Å². The molecular formula is C16H14ClN3O2. The van der Waals surface area contributed by atoms with Crippen LogP contribution < -0.4 is 4.74 Å². The van der Waals surface area contributed by atoms with Crippen molar-refractivity contribution in [2.75, 3.05) is 6.61 Å². The number of nitrogens with zero attached hydrogens (tertiary/aromatic N) is 3. The summed E-state index contributed by atoms with van der Waals surface area (Å²) in [5.74, 6) is 1.28. The summed E-state index contributed by atoms with van der Waals surface area (Å²) in [5, 5.41) is 4.57. The first-order chi connectivity index (χ1) is 10.7. The number of rotatable bonds is 4. The molecule has 0 radical (unpaired) electrons. The predicted octanol–water partition coefficient (Wildman–Crippen LogP) is 4.16. The van der Waals surface area contributed by atoms with Gasteiger partial charge in [0.25, 0.3) is 5.89 Å². The van der Waals surface area contributed by atoms with Crippen LogP contribution in [0.15, 0.2) is 40.9 Å². The van der Waals surface area contributed by atoms with E-state index in [-0.39, 0.29) is 0 Å². The molecule has 5 nitrogen and oxygen atoms in total. The lowest BCUT2D eigenvalue weighted by Gasteiger charge is -2.06. The van der Waals surface area contributed by atoms with E-state index in [0.29, 0.717) is 40.4 Å². The summed E-state index contributed by atoms with van der Waals surface area (Å²) in [6.07, 6.45) is 0. The SMILES string of the molecule is CCOc1nc(C)ccc1-c1noc(-c2ccccc2Cl)n1. The second-order valence-corrected chi connectivity index (χ2v) is 5.05. The van der Waals surface area contributed by atoms with Crippen molar-refractivity contribution in [3.8, 4) is 28.7 Å². The van der Waals surface area contributed by atoms with Gasteiger partial charge in [0.05, 0.1) is 22.8 Å². The minimum Gasteiger partial charge on any atom is -0.477 e. The van der Waals surface area contributed by atoms with E-state index in [9.17, 15) is 0 Å². The van der Waals surface area contributed by atoms with E-state index in [0.717, 1.165) is 5.69 Å². The zero-order valence-electron chi connectivity index (χ0n) is 12.2. The van der Waals surface area contributed by atoms with E-state index in [1.807, 2.05) is 44.2 Å². The summed E-state index contributed by atoms with van der Waals surface area (Å²) in [4.78, 5) is 8.77. The highest BCUT2D eigenvalue weighted by Gasteiger charge is 2.17. The molecular weight excluding hydrogens is 302 g/mol. The second kappa shape index (κ2) is 6.15. The molecule has 2 heterocycles. The molecule has 6 heteroatoms. The zero-order valence-corrected chi connectivity index (χ0v) is 13.0. The number of hydrogen-bond acceptors (Lipinski definition) is 5. The van der Waals surface area contributed by atoms with Gasteiger partial charge in [0.15, 0.2) is 0 Å². The van der Waals surface area contributed by atoms with Gasteiger partial charge in [-0.3, -0.25) is 0 Å². The Balaban J connectivity index is 2.03. The third-order valence-electron chi connectivity index (χ3n) is 3.05. The largest absolute Gasteiger partial charge is 0.477 e. The molecule has 1 aromatic carbocycles. The highest BCUT2D eigenvalue weighted by molar-refractivity contribution is 6.33. The Hall–Kier alpha value is -2.40. The molecule has 0 bridgehead atoms. The van der Waals surface area contributed by atoms with Gasteiger partial charge >= 0.3 is 0 Å². The Bertz CT molecular complexity index is 802. The fourth-order valence-corrected chi connectivity index (χ4v) is 2.24. The van der Waals surface area contributed by atoms with Crippen LogP contribution in [0.1, 0.15) is 12.6 Å². The van der Waals surface area contributed by atoms with Gasteiger partial charge < -0.3 is 9.26 Å². The number of aryl methyl sites for hydroxylation is 1. The molecule has 0 unspecified atom stereocenters. The van der Waals surface area contributed by atoms with E-state index < -0.39 is 0 Å². The van der Waals surface area contributed by atoms with Crippen molar-refractivity contribution >= 4 is 11.6 Å². The predicted molar refractivity (Wildman–Crippen MR) is 83.9 cm³/mol. The number of benzene rings is 1. The summed E-state index contributed by atoms with van der Waals surface area (Å²) < 4.78 is 10.9. The van der Waals surface area contributed by atoms with Crippen LogP contribution in [0.4, 0.5) is 0 Å². The zero-order chi connectivity index (χ0) is 15.5. The maximum atomic E-state index is 6.15. The number of pyridine rings is 1. The summed E-state index contributed by atoms with van der Waals surface area (Å²) in [6, 6.07) is 11.1. The van der Waals surface area contributed by atoms with Crippen molar-refractivity contribution < 1.29 is 9.26 Å². The molecule has 2 aromatic heterocycles. The molecule has 0 aliphatic heterocycles. The maximum absolute atomic E-state index is 6.15. The topological polar surface area (TPSA) is 61.0 Å². The molecule has 22 heavy (non-hydrogen) atoms. The van der Waals surface area contributed by atoms with E-state index >= 15 is 0 Å². The van der Waals surface area contributed by atoms with Crippen LogP contribution in [-0.4, -0.2) is 21.7 Å². The lowest BCUT2D eigenvalue weighted by Crippen LogP contribution is -1.98. The standard InChI is InChI=1S/C16H14ClN3O2/c1-3-21-15-12(9-8-10(2)18-15)14-19-16(22-20-14)11-6-4-5-7-13(11)17/h4-9H,3H2,1-2H3. The van der Waals surface area contributed by atoms with E-state index in [1.54, 1.807) is 6.07 Å². The molecule has 0 amide bonds. The Kier molecular flexibility index (Phi) is 4.06. The van der Waals surface area contributed by atoms with Gasteiger partial charge in [0, 0.05) is 5.69 Å². The number of halogens is 1. The molecule has 112 valence electrons. The van der Waals surface area contributed by atoms with Gasteiger partial charge in [-0.2, -0.15) is 4.98 Å². The van der Waals surface area contributed by atoms with Crippen molar-refractivity contribution in [1.29, 1.82) is 0 Å². The van der Waals surface area contributed by atoms with E-state index in [4.69, 9.17) is 20.9 Å². The van der Waals surface area contributed by atoms with Crippen LogP contribution in [-0.2, 0) is 0 Å². The first-order valence-electron chi connectivity index (χ1n) is 6.88. The van der Waals surface area contributed by atoms with Crippen LogP contribution in [0.3, 0.4) is 0 Å². The van der Waals surface area contributed by atoms with Crippen LogP contribution in [0.25, 0.3) is 22.8 Å². The van der Waals surface area contributed by atoms with Gasteiger partial charge in [0.2, 0.25) is 11.7 Å². The van der Waals surface area contributed by atoms with Gasteiger partial charge in [-0.15, -0.1) is 0 Å². The van der Waals surface area contributed by atoms with Crippen molar-refractivity contribution in [2.24, 2.45) is 0 Å². The average Bonchev–Trinajstić information content (AvgIpc) is 2.98. The normalized spacial score (nSPS) is 10.7. The van der Waals surface area contributed by atoms with Crippen LogP contribution in [0.2, 0.25) is 5.02 Å². The molecule has 0 aliphatic carbocycles. The molecule has 0 aliphatic rings. The minimum atomic E-state index is 0.364. The summed E-state index contributed by atoms with van der Waals surface area (Å²) in [7, 11) is 0. The fourth-order valence-electron chi connectivity index (χ4n) is 2.03. The van der Waals surface area contributed by atoms with Crippen LogP contribution >= 0.6 is 11.6 Å². The smallest absolute Gasteiger partial charge is 0.259 e. The maximum Gasteiger partial charge on any atom is 0.259 e. The molecule has 0 fully saturated rings. The fraction of sp³-hybridized carbons (Fsp3) is 0.188. The Morgan fingerprint density at radius 1 is 1.09 bits per heavy atom. The first kappa shape index (κ1) is 14.5. The lowest BCUT2D eigenvalue weighted by atomic mass is 10.2. The quantitative estimate of drug-likeness (QED) is 0.723. The molecule has 3 rings (SSSR count). The molecule has 0 saturated heterocycles.